The summed E-state index contributed by atoms with van der Waals surface area (Å²) in [6, 6.07) is -1.49. The van der Waals surface area contributed by atoms with Crippen molar-refractivity contribution in [3.05, 3.63) is 0 Å². The number of carbonyl (C=O) groups excluding carboxylic acids is 3. The van der Waals surface area contributed by atoms with E-state index >= 15 is 0 Å². The van der Waals surface area contributed by atoms with Crippen molar-refractivity contribution < 1.29 is 24.3 Å². The number of nitrogens with zero attached hydrogens (tertiary/aromatic N) is 1. The smallest absolute Gasteiger partial charge is 0.322 e. The zero-order valence-electron chi connectivity index (χ0n) is 14.1. The van der Waals surface area contributed by atoms with E-state index in [0.717, 1.165) is 0 Å². The van der Waals surface area contributed by atoms with E-state index in [4.69, 9.17) is 10.8 Å². The Morgan fingerprint density at radius 2 is 2.00 bits per heavy atom. The van der Waals surface area contributed by atoms with Crippen LogP contribution in [0.5, 0.6) is 0 Å². The molecule has 0 saturated carbocycles. The Labute approximate surface area is 140 Å². The van der Waals surface area contributed by atoms with Gasteiger partial charge in [-0.05, 0) is 18.8 Å². The highest BCUT2D eigenvalue weighted by atomic mass is 16.4. The van der Waals surface area contributed by atoms with E-state index in [2.05, 4.69) is 10.6 Å². The monoisotopic (exact) mass is 342 g/mol. The number of likely N-dealkylation sites (tertiary alicyclic amines) is 1. The number of aliphatic carboxylic acids is 1. The highest BCUT2D eigenvalue weighted by Gasteiger charge is 2.36. The number of nitrogens with one attached hydrogen (secondary N) is 2. The zero-order valence-corrected chi connectivity index (χ0v) is 14.1. The second-order valence-electron chi connectivity index (χ2n) is 5.93. The third kappa shape index (κ3) is 5.19. The Morgan fingerprint density at radius 1 is 1.33 bits per heavy atom. The maximum Gasteiger partial charge on any atom is 0.322 e. The molecule has 0 bridgehead atoms. The highest BCUT2D eigenvalue weighted by Crippen LogP contribution is 2.18. The van der Waals surface area contributed by atoms with Gasteiger partial charge in [0.2, 0.25) is 17.7 Å². The lowest BCUT2D eigenvalue weighted by Crippen LogP contribution is -2.56. The molecule has 1 rings (SSSR count). The van der Waals surface area contributed by atoms with Crippen molar-refractivity contribution in [2.24, 2.45) is 11.7 Å². The fourth-order valence-corrected chi connectivity index (χ4v) is 2.68. The maximum absolute atomic E-state index is 12.5. The molecule has 0 unspecified atom stereocenters. The molecule has 0 radical (unpaired) electrons. The molecule has 1 fully saturated rings. The van der Waals surface area contributed by atoms with Crippen LogP contribution in [0.1, 0.15) is 33.1 Å². The minimum Gasteiger partial charge on any atom is -0.480 e. The molecule has 1 aliphatic heterocycles. The van der Waals surface area contributed by atoms with Crippen LogP contribution in [-0.4, -0.2) is 65.4 Å². The molecule has 1 aliphatic rings. The van der Waals surface area contributed by atoms with Crippen molar-refractivity contribution in [1.29, 1.82) is 0 Å². The third-order valence-electron chi connectivity index (χ3n) is 4.26. The summed E-state index contributed by atoms with van der Waals surface area (Å²) in [5.74, 6) is -2.60. The Morgan fingerprint density at radius 3 is 2.54 bits per heavy atom. The van der Waals surface area contributed by atoms with Crippen LogP contribution in [0.15, 0.2) is 0 Å². The Kier molecular flexibility index (Phi) is 7.63. The molecule has 5 N–H and O–H groups in total. The molecule has 9 nitrogen and oxygen atoms in total. The van der Waals surface area contributed by atoms with Gasteiger partial charge in [0.25, 0.3) is 0 Å². The SMILES string of the molecule is CC[C@H](C)[C@H](NC(=O)[C@@H]1CCCN1C(=O)CN)C(=O)NCC(=O)O. The van der Waals surface area contributed by atoms with E-state index in [9.17, 15) is 19.2 Å². The second-order valence-corrected chi connectivity index (χ2v) is 5.93. The van der Waals surface area contributed by atoms with E-state index < -0.39 is 36.4 Å². The third-order valence-corrected chi connectivity index (χ3v) is 4.26. The Balaban J connectivity index is 2.78. The quantitative estimate of drug-likeness (QED) is 0.430. The molecule has 0 aromatic heterocycles. The number of hydrogen-bond donors (Lipinski definition) is 4. The average Bonchev–Trinajstić information content (AvgIpc) is 3.05. The van der Waals surface area contributed by atoms with Crippen molar-refractivity contribution in [3.8, 4) is 0 Å². The first-order chi connectivity index (χ1) is 11.3. The summed E-state index contributed by atoms with van der Waals surface area (Å²) in [7, 11) is 0. The van der Waals surface area contributed by atoms with Gasteiger partial charge in [0.1, 0.15) is 18.6 Å². The summed E-state index contributed by atoms with van der Waals surface area (Å²) in [6.07, 6.45) is 1.84. The largest absolute Gasteiger partial charge is 0.480 e. The molecule has 1 heterocycles. The van der Waals surface area contributed by atoms with Crippen molar-refractivity contribution in [1.82, 2.24) is 15.5 Å². The number of carboxylic acid groups (broad SMARTS) is 1. The van der Waals surface area contributed by atoms with E-state index in [1.807, 2.05) is 6.92 Å². The maximum atomic E-state index is 12.5. The number of rotatable bonds is 8. The van der Waals surface area contributed by atoms with Gasteiger partial charge in [0, 0.05) is 6.54 Å². The summed E-state index contributed by atoms with van der Waals surface area (Å²) in [5, 5.41) is 13.6. The van der Waals surface area contributed by atoms with Gasteiger partial charge in [0.15, 0.2) is 0 Å². The van der Waals surface area contributed by atoms with Gasteiger partial charge >= 0.3 is 5.97 Å². The number of amides is 3. The Hall–Kier alpha value is -2.16. The predicted octanol–water partition coefficient (Wildman–Crippen LogP) is -1.33. The molecule has 24 heavy (non-hydrogen) atoms. The van der Waals surface area contributed by atoms with E-state index in [0.29, 0.717) is 25.8 Å². The molecular formula is C15H26N4O5. The number of nitrogens with two attached hydrogens (primary N) is 1. The van der Waals surface area contributed by atoms with Crippen LogP contribution < -0.4 is 16.4 Å². The van der Waals surface area contributed by atoms with Crippen LogP contribution in [0.25, 0.3) is 0 Å². The van der Waals surface area contributed by atoms with Gasteiger partial charge in [-0.2, -0.15) is 0 Å². The molecule has 0 aromatic carbocycles. The van der Waals surface area contributed by atoms with E-state index in [-0.39, 0.29) is 18.4 Å². The molecule has 0 spiro atoms. The fraction of sp³-hybridized carbons (Fsp3) is 0.733. The fourth-order valence-electron chi connectivity index (χ4n) is 2.68. The van der Waals surface area contributed by atoms with Gasteiger partial charge < -0.3 is 26.4 Å². The van der Waals surface area contributed by atoms with Crippen LogP contribution in [0, 0.1) is 5.92 Å². The van der Waals surface area contributed by atoms with Gasteiger partial charge in [-0.3, -0.25) is 19.2 Å². The van der Waals surface area contributed by atoms with Gasteiger partial charge in [-0.25, -0.2) is 0 Å². The van der Waals surface area contributed by atoms with Gasteiger partial charge in [-0.1, -0.05) is 20.3 Å². The van der Waals surface area contributed by atoms with Gasteiger partial charge in [-0.15, -0.1) is 0 Å². The molecule has 1 saturated heterocycles. The first-order valence-corrected chi connectivity index (χ1v) is 8.11. The second kappa shape index (κ2) is 9.21. The van der Waals surface area contributed by atoms with E-state index in [1.54, 1.807) is 6.92 Å². The lowest BCUT2D eigenvalue weighted by Gasteiger charge is -2.28. The van der Waals surface area contributed by atoms with Crippen LogP contribution in [0.4, 0.5) is 0 Å². The molecule has 3 amide bonds. The molecule has 9 heteroatoms. The zero-order chi connectivity index (χ0) is 18.3. The average molecular weight is 342 g/mol. The predicted molar refractivity (Wildman–Crippen MR) is 85.8 cm³/mol. The summed E-state index contributed by atoms with van der Waals surface area (Å²) in [5.41, 5.74) is 5.36. The summed E-state index contributed by atoms with van der Waals surface area (Å²) in [4.78, 5) is 48.5. The molecular weight excluding hydrogens is 316 g/mol. The Bertz CT molecular complexity index is 496. The van der Waals surface area contributed by atoms with Crippen molar-refractivity contribution in [2.75, 3.05) is 19.6 Å². The van der Waals surface area contributed by atoms with E-state index in [1.165, 1.54) is 4.90 Å². The topological polar surface area (TPSA) is 142 Å². The van der Waals surface area contributed by atoms with Crippen molar-refractivity contribution in [2.45, 2.75) is 45.2 Å². The summed E-state index contributed by atoms with van der Waals surface area (Å²) in [6.45, 7) is 3.45. The molecule has 0 aliphatic carbocycles. The number of hydrogen-bond acceptors (Lipinski definition) is 5. The minimum atomic E-state index is -1.16. The lowest BCUT2D eigenvalue weighted by atomic mass is 9.97. The minimum absolute atomic E-state index is 0.169. The molecule has 136 valence electrons. The van der Waals surface area contributed by atoms with Crippen LogP contribution in [0.2, 0.25) is 0 Å². The summed E-state index contributed by atoms with van der Waals surface area (Å²) >= 11 is 0. The molecule has 3 atom stereocenters. The van der Waals surface area contributed by atoms with Crippen LogP contribution in [0.3, 0.4) is 0 Å². The van der Waals surface area contributed by atoms with Crippen LogP contribution >= 0.6 is 0 Å². The van der Waals surface area contributed by atoms with Gasteiger partial charge in [0.05, 0.1) is 6.54 Å². The summed E-state index contributed by atoms with van der Waals surface area (Å²) < 4.78 is 0. The number of carbonyl (C=O) groups is 4. The van der Waals surface area contributed by atoms with Crippen molar-refractivity contribution >= 4 is 23.7 Å². The first kappa shape index (κ1) is 19.9. The molecule has 0 aromatic rings. The standard InChI is InChI=1S/C15H26N4O5/c1-3-9(2)13(15(24)17-8-12(21)22)18-14(23)10-5-4-6-19(10)11(20)7-16/h9-10,13H,3-8,16H2,1-2H3,(H,17,24)(H,18,23)(H,21,22)/t9-,10-,13-/m0/s1. The van der Waals surface area contributed by atoms with Crippen molar-refractivity contribution in [3.63, 3.8) is 0 Å². The normalized spacial score (nSPS) is 19.5. The number of carboxylic acids is 1. The lowest BCUT2D eigenvalue weighted by molar-refractivity contribution is -0.140. The van der Waals surface area contributed by atoms with Crippen LogP contribution in [-0.2, 0) is 19.2 Å². The first-order valence-electron chi connectivity index (χ1n) is 8.11. The highest BCUT2D eigenvalue weighted by molar-refractivity contribution is 5.93.